The van der Waals surface area contributed by atoms with Crippen molar-refractivity contribution < 1.29 is 14.1 Å². The van der Waals surface area contributed by atoms with Crippen molar-refractivity contribution in [2.45, 2.75) is 12.6 Å². The van der Waals surface area contributed by atoms with E-state index < -0.39 is 22.3 Å². The largest absolute Gasteiger partial charge is 0.466 e. The lowest BCUT2D eigenvalue weighted by atomic mass is 10.1. The van der Waals surface area contributed by atoms with Gasteiger partial charge in [0.1, 0.15) is 5.76 Å². The number of hydrogen-bond acceptors (Lipinski definition) is 6. The Hall–Kier alpha value is -3.92. The number of fused-ring (bicyclic) bond motifs is 3. The normalized spacial score (nSPS) is 15.9. The number of nitrogens with zero attached hydrogens (tertiary/aromatic N) is 4. The van der Waals surface area contributed by atoms with Crippen molar-refractivity contribution in [2.24, 2.45) is 14.1 Å². The second-order valence-electron chi connectivity index (χ2n) is 7.39. The predicted octanol–water partition coefficient (Wildman–Crippen LogP) is 2.33. The lowest BCUT2D eigenvalue weighted by Crippen LogP contribution is -2.37. The minimum Gasteiger partial charge on any atom is -0.466 e. The fraction of sp³-hybridized carbons (Fsp3) is 0.238. The van der Waals surface area contributed by atoms with E-state index in [-0.39, 0.29) is 5.69 Å². The van der Waals surface area contributed by atoms with E-state index in [4.69, 9.17) is 9.15 Å². The van der Waals surface area contributed by atoms with Crippen molar-refractivity contribution in [1.82, 2.24) is 13.7 Å². The number of benzene rings is 1. The van der Waals surface area contributed by atoms with E-state index in [1.807, 2.05) is 4.57 Å². The van der Waals surface area contributed by atoms with Crippen LogP contribution in [0.3, 0.4) is 0 Å². The maximum Gasteiger partial charge on any atom is 0.331 e. The van der Waals surface area contributed by atoms with Crippen molar-refractivity contribution in [2.75, 3.05) is 6.61 Å². The van der Waals surface area contributed by atoms with Crippen molar-refractivity contribution in [3.8, 4) is 11.3 Å². The molecule has 10 nitrogen and oxygen atoms in total. The average molecular weight is 422 g/mol. The summed E-state index contributed by atoms with van der Waals surface area (Å²) < 4.78 is 15.9. The van der Waals surface area contributed by atoms with Crippen LogP contribution in [0.1, 0.15) is 17.6 Å². The van der Waals surface area contributed by atoms with E-state index in [1.165, 1.54) is 30.0 Å². The highest BCUT2D eigenvalue weighted by Crippen LogP contribution is 2.41. The van der Waals surface area contributed by atoms with Crippen molar-refractivity contribution >= 4 is 16.6 Å². The number of ether oxygens (including phenoxy) is 1. The van der Waals surface area contributed by atoms with Gasteiger partial charge in [0.2, 0.25) is 0 Å². The molecule has 0 bridgehead atoms. The lowest BCUT2D eigenvalue weighted by molar-refractivity contribution is -0.384. The van der Waals surface area contributed by atoms with E-state index >= 15 is 0 Å². The summed E-state index contributed by atoms with van der Waals surface area (Å²) in [6, 6.07) is 9.64. The van der Waals surface area contributed by atoms with Crippen LogP contribution in [-0.2, 0) is 25.4 Å². The highest BCUT2D eigenvalue weighted by atomic mass is 16.6. The number of aromatic nitrogens is 3. The molecular formula is C21H18N4O6. The molecule has 31 heavy (non-hydrogen) atoms. The van der Waals surface area contributed by atoms with E-state index in [0.717, 1.165) is 4.57 Å². The van der Waals surface area contributed by atoms with Gasteiger partial charge in [0.05, 0.1) is 40.1 Å². The summed E-state index contributed by atoms with van der Waals surface area (Å²) in [5.41, 5.74) is 1.04. The molecule has 1 atom stereocenters. The van der Waals surface area contributed by atoms with Crippen LogP contribution >= 0.6 is 0 Å². The van der Waals surface area contributed by atoms with Gasteiger partial charge in [-0.15, -0.1) is 0 Å². The summed E-state index contributed by atoms with van der Waals surface area (Å²) in [4.78, 5) is 36.9. The van der Waals surface area contributed by atoms with E-state index in [9.17, 15) is 19.7 Å². The van der Waals surface area contributed by atoms with Gasteiger partial charge in [-0.05, 0) is 12.1 Å². The van der Waals surface area contributed by atoms with Crippen LogP contribution in [0, 0.1) is 10.1 Å². The van der Waals surface area contributed by atoms with Crippen LogP contribution in [0.5, 0.6) is 0 Å². The van der Waals surface area contributed by atoms with Gasteiger partial charge in [-0.1, -0.05) is 12.1 Å². The van der Waals surface area contributed by atoms with E-state index in [1.54, 1.807) is 31.3 Å². The monoisotopic (exact) mass is 422 g/mol. The summed E-state index contributed by atoms with van der Waals surface area (Å²) in [6.07, 6.45) is 0.902. The quantitative estimate of drug-likeness (QED) is 0.370. The topological polar surface area (TPSA) is 114 Å². The molecule has 3 aromatic heterocycles. The van der Waals surface area contributed by atoms with Gasteiger partial charge in [-0.25, -0.2) is 4.79 Å². The molecule has 0 saturated carbocycles. The Morgan fingerprint density at radius 1 is 1.13 bits per heavy atom. The Labute approximate surface area is 174 Å². The van der Waals surface area contributed by atoms with Crippen LogP contribution in [0.15, 0.2) is 56.7 Å². The fourth-order valence-electron chi connectivity index (χ4n) is 4.30. The van der Waals surface area contributed by atoms with Gasteiger partial charge in [0.15, 0.2) is 6.10 Å². The zero-order valence-corrected chi connectivity index (χ0v) is 16.8. The molecule has 0 aliphatic carbocycles. The van der Waals surface area contributed by atoms with E-state index in [2.05, 4.69) is 0 Å². The van der Waals surface area contributed by atoms with Gasteiger partial charge in [-0.2, -0.15) is 0 Å². The van der Waals surface area contributed by atoms with Crippen LogP contribution in [0.4, 0.5) is 5.69 Å². The molecule has 0 N–H and O–H groups in total. The third kappa shape index (κ3) is 2.68. The molecule has 1 aliphatic heterocycles. The first-order valence-electron chi connectivity index (χ1n) is 9.62. The highest BCUT2D eigenvalue weighted by Gasteiger charge is 2.34. The summed E-state index contributed by atoms with van der Waals surface area (Å²) in [7, 11) is 3.01. The molecule has 0 unspecified atom stereocenters. The first-order valence-corrected chi connectivity index (χ1v) is 9.62. The molecule has 10 heteroatoms. The third-order valence-corrected chi connectivity index (χ3v) is 5.68. The first kappa shape index (κ1) is 19.1. The smallest absolute Gasteiger partial charge is 0.331 e. The van der Waals surface area contributed by atoms with Gasteiger partial charge < -0.3 is 13.7 Å². The number of rotatable bonds is 3. The molecular weight excluding hydrogens is 404 g/mol. The molecule has 4 heterocycles. The molecule has 0 fully saturated rings. The molecule has 0 amide bonds. The Morgan fingerprint density at radius 2 is 1.94 bits per heavy atom. The molecule has 0 radical (unpaired) electrons. The minimum atomic E-state index is -0.628. The average Bonchev–Trinajstić information content (AvgIpc) is 3.42. The standard InChI is InChI=1S/C21H18N4O6/c1-22-17-15(20(26)23(2)21(22)27)16(12-5-3-6-13(11-12)25(28)29)24-8-10-31-19(18(17)24)14-7-4-9-30-14/h3-7,9,11,19H,8,10H2,1-2H3/t19-/m1/s1. The van der Waals surface area contributed by atoms with Crippen molar-refractivity contribution in [1.29, 1.82) is 0 Å². The predicted molar refractivity (Wildman–Crippen MR) is 111 cm³/mol. The number of furan rings is 1. The maximum absolute atomic E-state index is 13.3. The zero-order chi connectivity index (χ0) is 21.9. The lowest BCUT2D eigenvalue weighted by Gasteiger charge is -2.26. The number of hydrogen-bond donors (Lipinski definition) is 0. The Kier molecular flexibility index (Phi) is 4.19. The highest BCUT2D eigenvalue weighted by molar-refractivity contribution is 5.96. The SMILES string of the molecule is Cn1c(=O)c2c(-c3cccc([N+](=O)[O-])c3)n3c(c2n(C)c1=O)[C@@H](c1ccco1)OCC3. The van der Waals surface area contributed by atoms with Crippen LogP contribution < -0.4 is 11.2 Å². The summed E-state index contributed by atoms with van der Waals surface area (Å²) in [6.45, 7) is 0.756. The van der Waals surface area contributed by atoms with Crippen LogP contribution in [-0.4, -0.2) is 25.2 Å². The molecule has 1 aromatic carbocycles. The van der Waals surface area contributed by atoms with Gasteiger partial charge in [0, 0.05) is 38.3 Å². The molecule has 0 saturated heterocycles. The number of nitro benzene ring substituents is 1. The number of non-ortho nitro benzene ring substituents is 1. The molecule has 5 rings (SSSR count). The van der Waals surface area contributed by atoms with Crippen LogP contribution in [0.2, 0.25) is 0 Å². The number of aryl methyl sites for hydroxylation is 1. The van der Waals surface area contributed by atoms with Gasteiger partial charge in [0.25, 0.3) is 11.2 Å². The molecule has 158 valence electrons. The van der Waals surface area contributed by atoms with Gasteiger partial charge in [-0.3, -0.25) is 24.0 Å². The maximum atomic E-state index is 13.3. The Bertz CT molecular complexity index is 1460. The fourth-order valence-corrected chi connectivity index (χ4v) is 4.30. The Morgan fingerprint density at radius 3 is 2.65 bits per heavy atom. The van der Waals surface area contributed by atoms with Crippen LogP contribution in [0.25, 0.3) is 22.2 Å². The Balaban J connectivity index is 1.96. The minimum absolute atomic E-state index is 0.0857. The summed E-state index contributed by atoms with van der Waals surface area (Å²) in [5.74, 6) is 0.541. The second-order valence-corrected chi connectivity index (χ2v) is 7.39. The molecule has 1 aliphatic rings. The second kappa shape index (κ2) is 6.81. The van der Waals surface area contributed by atoms with E-state index in [0.29, 0.717) is 46.8 Å². The first-order chi connectivity index (χ1) is 14.9. The molecule has 0 spiro atoms. The third-order valence-electron chi connectivity index (χ3n) is 5.68. The van der Waals surface area contributed by atoms with Crippen molar-refractivity contribution in [3.05, 3.63) is 85.1 Å². The summed E-state index contributed by atoms with van der Waals surface area (Å²) in [5, 5.41) is 11.7. The van der Waals surface area contributed by atoms with Gasteiger partial charge >= 0.3 is 5.69 Å². The number of nitro groups is 1. The summed E-state index contributed by atoms with van der Waals surface area (Å²) >= 11 is 0. The van der Waals surface area contributed by atoms with Crippen molar-refractivity contribution in [3.63, 3.8) is 0 Å². The zero-order valence-electron chi connectivity index (χ0n) is 16.8. The molecule has 4 aromatic rings.